The average Bonchev–Trinajstić information content (AvgIpc) is 1.60. The van der Waals surface area contributed by atoms with Crippen molar-refractivity contribution in [2.24, 2.45) is 20.9 Å². The van der Waals surface area contributed by atoms with E-state index < -0.39 is 0 Å². The summed E-state index contributed by atoms with van der Waals surface area (Å²) in [5, 5.41) is 15.4. The molecular formula is C115H129IN8O12. The van der Waals surface area contributed by atoms with Crippen LogP contribution in [0.2, 0.25) is 0 Å². The molecule has 0 fully saturated rings. The number of hydrogen-bond donors (Lipinski definition) is 5. The normalized spacial score (nSPS) is 12.8. The van der Waals surface area contributed by atoms with Crippen LogP contribution < -0.4 is 50.6 Å². The Morgan fingerprint density at radius 3 is 0.993 bits per heavy atom. The molecule has 5 heterocycles. The maximum atomic E-state index is 5.43. The minimum Gasteiger partial charge on any atom is -0.496 e. The molecule has 15 rings (SSSR count). The summed E-state index contributed by atoms with van der Waals surface area (Å²) >= 11 is 0. The van der Waals surface area contributed by atoms with Crippen LogP contribution in [0.3, 0.4) is 0 Å². The second kappa shape index (κ2) is 57.9. The van der Waals surface area contributed by atoms with Gasteiger partial charge in [-0.3, -0.25) is 5.32 Å². The van der Waals surface area contributed by atoms with Gasteiger partial charge in [0.05, 0.1) is 81.8 Å². The highest BCUT2D eigenvalue weighted by Gasteiger charge is 2.34. The molecule has 708 valence electrons. The Bertz CT molecular complexity index is 6050. The Hall–Kier alpha value is -13.5. The molecule has 0 saturated heterocycles. The lowest BCUT2D eigenvalue weighted by molar-refractivity contribution is 0.139. The number of nitrogens with zero attached hydrogens (tertiary/aromatic N) is 3. The van der Waals surface area contributed by atoms with Crippen LogP contribution in [-0.2, 0) is 72.8 Å². The lowest BCUT2D eigenvalue weighted by Gasteiger charge is -2.19. The van der Waals surface area contributed by atoms with E-state index in [1.807, 2.05) is 71.0 Å². The van der Waals surface area contributed by atoms with Crippen LogP contribution >= 0.6 is 24.0 Å². The van der Waals surface area contributed by atoms with Crippen molar-refractivity contribution in [3.05, 3.63) is 310 Å². The Morgan fingerprint density at radius 2 is 0.632 bits per heavy atom. The molecule has 3 aliphatic rings. The molecule has 136 heavy (non-hydrogen) atoms. The second-order valence-electron chi connectivity index (χ2n) is 32.5. The van der Waals surface area contributed by atoms with E-state index in [0.29, 0.717) is 78.6 Å². The molecule has 10 aromatic carbocycles. The van der Waals surface area contributed by atoms with Gasteiger partial charge in [-0.15, -0.1) is 68.9 Å². The molecule has 0 amide bonds. The van der Waals surface area contributed by atoms with E-state index in [4.69, 9.17) is 117 Å². The quantitative estimate of drug-likeness (QED) is 0.0194. The first kappa shape index (κ1) is 109. The van der Waals surface area contributed by atoms with Crippen LogP contribution in [0.4, 0.5) is 11.6 Å². The topological polar surface area (TPSA) is 216 Å². The zero-order valence-corrected chi connectivity index (χ0v) is 84.1. The van der Waals surface area contributed by atoms with Crippen LogP contribution in [0.15, 0.2) is 197 Å². The largest absolute Gasteiger partial charge is 0.496 e. The number of aryl methyl sites for hydroxylation is 11. The summed E-state index contributed by atoms with van der Waals surface area (Å²) in [6.45, 7) is 32.6. The fraction of sp³-hybridized carbons (Fsp3) is 0.313. The minimum atomic E-state index is -0.370. The summed E-state index contributed by atoms with van der Waals surface area (Å²) in [6, 6.07) is 62.3. The van der Waals surface area contributed by atoms with Crippen molar-refractivity contribution in [3.63, 3.8) is 0 Å². The Kier molecular flexibility index (Phi) is 46.6. The van der Waals surface area contributed by atoms with Crippen molar-refractivity contribution in [1.29, 1.82) is 0 Å². The Labute approximate surface area is 822 Å². The number of aromatic amines is 2. The average molecular weight is 1940 g/mol. The number of terminal acetylenes is 7. The number of H-pyrrole nitrogens is 2. The van der Waals surface area contributed by atoms with Gasteiger partial charge in [0.25, 0.3) is 0 Å². The van der Waals surface area contributed by atoms with Crippen LogP contribution in [0.1, 0.15) is 149 Å². The molecule has 21 heteroatoms. The van der Waals surface area contributed by atoms with E-state index in [-0.39, 0.29) is 55.7 Å². The molecule has 20 nitrogen and oxygen atoms in total. The van der Waals surface area contributed by atoms with E-state index in [0.717, 1.165) is 158 Å². The van der Waals surface area contributed by atoms with Crippen LogP contribution in [-0.4, -0.2) is 104 Å². The zero-order chi connectivity index (χ0) is 97.7. The number of rotatable bonds is 26. The lowest BCUT2D eigenvalue weighted by atomic mass is 10.1. The summed E-state index contributed by atoms with van der Waals surface area (Å²) in [5.41, 5.74) is 25.3. The van der Waals surface area contributed by atoms with Crippen molar-refractivity contribution >= 4 is 63.0 Å². The van der Waals surface area contributed by atoms with Crippen LogP contribution in [0.25, 0.3) is 21.5 Å². The fourth-order valence-corrected chi connectivity index (χ4v) is 15.8. The number of halogens is 1. The molecule has 5 N–H and O–H groups in total. The number of aliphatic imine (C=N–C) groups is 1. The molecule has 0 spiro atoms. The number of hydrogen-bond acceptors (Lipinski definition) is 18. The highest BCUT2D eigenvalue weighted by atomic mass is 127. The molecule has 8 bridgehead atoms. The SMILES string of the molecule is C#CCOCC(C)C.C#CCOCc1cc(C)cc(C)c1OC.C#CCOCc1cc(C)cc(C)c1OC.C#CCOCc1cc(C)cc(C)c1OC.C#CCOCc1cc(C)cc(C)c1OC.C#CCOCc1cc(C)cc(COCC#C)c1OC.Cc1ccccc1C.I.c1ccc2c(c1)C1=NC2N=c2[nH]c(c3ccccc23)=Nc2[nH]c(c3ccccc23)NC2NC(N1)c1ccccc12. The number of amidine groups is 1. The van der Waals surface area contributed by atoms with Crippen molar-refractivity contribution in [2.45, 2.75) is 148 Å². The summed E-state index contributed by atoms with van der Waals surface area (Å²) in [4.78, 5) is 22.5. The zero-order valence-electron chi connectivity index (χ0n) is 81.7. The van der Waals surface area contributed by atoms with Crippen molar-refractivity contribution in [1.82, 2.24) is 20.6 Å². The van der Waals surface area contributed by atoms with Gasteiger partial charge < -0.3 is 77.4 Å². The number of anilines is 1. The molecule has 12 aromatic rings. The Balaban J connectivity index is 0.000000226. The predicted octanol–water partition coefficient (Wildman–Crippen LogP) is 21.4. The number of benzene rings is 10. The van der Waals surface area contributed by atoms with Crippen LogP contribution in [0.5, 0.6) is 28.7 Å². The number of aromatic nitrogens is 2. The maximum Gasteiger partial charge on any atom is 0.170 e. The highest BCUT2D eigenvalue weighted by molar-refractivity contribution is 14.0. The summed E-state index contributed by atoms with van der Waals surface area (Å²) in [7, 11) is 8.30. The first-order valence-corrected chi connectivity index (χ1v) is 44.4. The first-order valence-electron chi connectivity index (χ1n) is 44.4. The lowest BCUT2D eigenvalue weighted by Crippen LogP contribution is -2.36. The van der Waals surface area contributed by atoms with Gasteiger partial charge in [0.1, 0.15) is 116 Å². The van der Waals surface area contributed by atoms with Crippen molar-refractivity contribution < 1.29 is 56.8 Å². The molecule has 0 saturated carbocycles. The third-order valence-electron chi connectivity index (χ3n) is 21.2. The second-order valence-corrected chi connectivity index (χ2v) is 32.5. The molecule has 3 atom stereocenters. The summed E-state index contributed by atoms with van der Waals surface area (Å²) < 4.78 is 63.7. The summed E-state index contributed by atoms with van der Waals surface area (Å²) in [6.07, 6.45) is 35.1. The molecular weight excluding hydrogens is 1810 g/mol. The van der Waals surface area contributed by atoms with E-state index in [9.17, 15) is 0 Å². The molecule has 2 aromatic heterocycles. The first-order chi connectivity index (χ1) is 65.3. The van der Waals surface area contributed by atoms with Crippen molar-refractivity contribution in [3.8, 4) is 115 Å². The standard InChI is InChI=1S/C32H24N8.C16H18O3.4C13H16O2.C8H10.C7H12O.HI/c1-2-10-18-17(9-1)25-33-26(18)38-28-21-13-5-6-14-22(21)30(35-28)40-32-24-16-8-7-15-23(24)31(36-32)39-29-20-12-4-3-11-19(20)27(34-29)37-25;1-5-7-18-11-14-9-13(3)10-15(16(14)17-4)12-19-8-6-2;4*1-5-6-15-9-12-8-10(2)7-11(3)13(12)14-4;1-7-5-3-4-6-8(7)2;1-4-5-8-6-7(2)3;/h1-16,25-26,29,33,35,38H,(H,34,37)(H,36,39,40);1-2,9-10H,7-8,11-12H2,3-4H3;4*1,7-8H,6,9H2,2-4H3;3-6H,1-2H3;1,7H,5-6H2,2-3H3;1H. The van der Waals surface area contributed by atoms with Crippen LogP contribution in [0, 0.1) is 168 Å². The minimum absolute atomic E-state index is 0. The van der Waals surface area contributed by atoms with Gasteiger partial charge in [-0.2, -0.15) is 0 Å². The van der Waals surface area contributed by atoms with Gasteiger partial charge in [0.2, 0.25) is 0 Å². The van der Waals surface area contributed by atoms with Gasteiger partial charge in [-0.1, -0.05) is 265 Å². The Morgan fingerprint density at radius 1 is 0.324 bits per heavy atom. The van der Waals surface area contributed by atoms with E-state index in [2.05, 4.69) is 268 Å². The fourth-order valence-electron chi connectivity index (χ4n) is 15.8. The molecule has 3 aliphatic heterocycles. The molecule has 0 aliphatic carbocycles. The van der Waals surface area contributed by atoms with Gasteiger partial charge in [0.15, 0.2) is 6.17 Å². The smallest absolute Gasteiger partial charge is 0.170 e. The number of nitrogens with one attached hydrogen (secondary N) is 5. The third kappa shape index (κ3) is 32.4. The number of ether oxygens (including phenoxy) is 12. The monoisotopic (exact) mass is 1940 g/mol. The van der Waals surface area contributed by atoms with Gasteiger partial charge in [0, 0.05) is 66.1 Å². The van der Waals surface area contributed by atoms with Gasteiger partial charge in [-0.25, -0.2) is 15.0 Å². The van der Waals surface area contributed by atoms with E-state index in [1.54, 1.807) is 35.5 Å². The van der Waals surface area contributed by atoms with Gasteiger partial charge in [-0.05, 0) is 127 Å². The molecule has 3 unspecified atom stereocenters. The number of fused-ring (bicyclic) bond motifs is 19. The molecule has 0 radical (unpaired) electrons. The third-order valence-corrected chi connectivity index (χ3v) is 21.2. The van der Waals surface area contributed by atoms with Gasteiger partial charge >= 0.3 is 0 Å². The van der Waals surface area contributed by atoms with E-state index in [1.165, 1.54) is 44.5 Å². The summed E-state index contributed by atoms with van der Waals surface area (Å²) in [5.74, 6) is 24.5. The maximum absolute atomic E-state index is 5.43. The van der Waals surface area contributed by atoms with E-state index >= 15 is 0 Å². The van der Waals surface area contributed by atoms with Crippen molar-refractivity contribution in [2.75, 3.05) is 93.7 Å². The predicted molar refractivity (Wildman–Crippen MR) is 560 cm³/mol. The highest BCUT2D eigenvalue weighted by Crippen LogP contribution is 2.40. The number of methoxy groups -OCH3 is 5.